The SMILES string of the molecule is CNC(=O)[C@@H]1Cc2ccc(cc2)OCCCC[C@H](C(=O)NO)[C@@H](CCCc2cc(OC)ccc2OC)CN1. The van der Waals surface area contributed by atoms with Gasteiger partial charge < -0.3 is 24.8 Å². The van der Waals surface area contributed by atoms with Crippen molar-refractivity contribution >= 4 is 11.8 Å². The molecule has 9 heteroatoms. The standard InChI is InChI=1S/C29H41N3O6/c1-30-29(34)26-17-20-10-12-23(13-11-20)38-16-5-4-9-25(28(33)32-35)22(19-31-26)8-6-7-21-18-24(36-2)14-15-27(21)37-3/h10-15,18,22,25-26,31,35H,4-9,16-17,19H2,1-3H3,(H,30,34)(H,32,33)/t22-,25-,26-/m0/s1. The van der Waals surface area contributed by atoms with E-state index in [0.717, 1.165) is 60.5 Å². The molecular weight excluding hydrogens is 486 g/mol. The topological polar surface area (TPSA) is 118 Å². The highest BCUT2D eigenvalue weighted by molar-refractivity contribution is 5.82. The van der Waals surface area contributed by atoms with E-state index < -0.39 is 17.9 Å². The van der Waals surface area contributed by atoms with Crippen molar-refractivity contribution in [2.24, 2.45) is 11.8 Å². The smallest absolute Gasteiger partial charge is 0.246 e. The Hall–Kier alpha value is -3.30. The summed E-state index contributed by atoms with van der Waals surface area (Å²) in [5, 5.41) is 15.7. The molecule has 2 aromatic carbocycles. The van der Waals surface area contributed by atoms with Crippen LogP contribution in [0.5, 0.6) is 17.2 Å². The van der Waals surface area contributed by atoms with Crippen molar-refractivity contribution in [2.45, 2.75) is 51.0 Å². The number of likely N-dealkylation sites (N-methyl/N-ethyl adjacent to an activating group) is 1. The lowest BCUT2D eigenvalue weighted by atomic mass is 9.83. The predicted octanol–water partition coefficient (Wildman–Crippen LogP) is 3.27. The highest BCUT2D eigenvalue weighted by Gasteiger charge is 2.29. The van der Waals surface area contributed by atoms with E-state index in [4.69, 9.17) is 14.2 Å². The summed E-state index contributed by atoms with van der Waals surface area (Å²) < 4.78 is 16.8. The summed E-state index contributed by atoms with van der Waals surface area (Å²) in [6.07, 6.45) is 4.92. The van der Waals surface area contributed by atoms with Gasteiger partial charge in [-0.15, -0.1) is 0 Å². The maximum Gasteiger partial charge on any atom is 0.246 e. The first kappa shape index (κ1) is 29.3. The van der Waals surface area contributed by atoms with Crippen molar-refractivity contribution in [1.29, 1.82) is 0 Å². The quantitative estimate of drug-likeness (QED) is 0.307. The molecule has 0 aromatic heterocycles. The number of carbonyl (C=O) groups is 2. The van der Waals surface area contributed by atoms with Gasteiger partial charge >= 0.3 is 0 Å². The Bertz CT molecular complexity index is 1030. The number of ether oxygens (including phenoxy) is 3. The maximum absolute atomic E-state index is 12.8. The molecule has 3 atom stereocenters. The van der Waals surface area contributed by atoms with Crippen LogP contribution in [0.3, 0.4) is 0 Å². The third-order valence-corrected chi connectivity index (χ3v) is 7.26. The number of benzene rings is 2. The van der Waals surface area contributed by atoms with Gasteiger partial charge in [-0.2, -0.15) is 0 Å². The average Bonchev–Trinajstić information content (AvgIpc) is 2.96. The van der Waals surface area contributed by atoms with Gasteiger partial charge in [-0.1, -0.05) is 12.1 Å². The lowest BCUT2D eigenvalue weighted by molar-refractivity contribution is -0.135. The van der Waals surface area contributed by atoms with Crippen LogP contribution in [0.1, 0.15) is 43.2 Å². The molecule has 2 aromatic rings. The van der Waals surface area contributed by atoms with Crippen molar-refractivity contribution in [3.63, 3.8) is 0 Å². The number of methoxy groups -OCH3 is 2. The molecule has 0 aliphatic carbocycles. The van der Waals surface area contributed by atoms with Crippen molar-refractivity contribution < 1.29 is 29.0 Å². The van der Waals surface area contributed by atoms with E-state index in [1.54, 1.807) is 21.3 Å². The number of hydrogen-bond donors (Lipinski definition) is 4. The molecular formula is C29H41N3O6. The Morgan fingerprint density at radius 3 is 2.55 bits per heavy atom. The molecule has 9 nitrogen and oxygen atoms in total. The van der Waals surface area contributed by atoms with Gasteiger partial charge in [0.25, 0.3) is 0 Å². The normalized spacial score (nSPS) is 20.4. The van der Waals surface area contributed by atoms with Crippen LogP contribution in [0.15, 0.2) is 42.5 Å². The van der Waals surface area contributed by atoms with Crippen LogP contribution in [0.4, 0.5) is 0 Å². The van der Waals surface area contributed by atoms with Gasteiger partial charge in [0.1, 0.15) is 17.2 Å². The van der Waals surface area contributed by atoms with Crippen LogP contribution in [-0.2, 0) is 22.4 Å². The lowest BCUT2D eigenvalue weighted by Crippen LogP contribution is -2.48. The second-order valence-electron chi connectivity index (χ2n) is 9.68. The Morgan fingerprint density at radius 2 is 1.87 bits per heavy atom. The lowest BCUT2D eigenvalue weighted by Gasteiger charge is -2.28. The van der Waals surface area contributed by atoms with Crippen LogP contribution in [0.2, 0.25) is 0 Å². The molecule has 0 unspecified atom stereocenters. The van der Waals surface area contributed by atoms with Crippen molar-refractivity contribution in [2.75, 3.05) is 34.4 Å². The second-order valence-corrected chi connectivity index (χ2v) is 9.68. The first-order valence-corrected chi connectivity index (χ1v) is 13.3. The summed E-state index contributed by atoms with van der Waals surface area (Å²) in [5.74, 6) is 1.31. The molecule has 38 heavy (non-hydrogen) atoms. The number of carbonyl (C=O) groups excluding carboxylic acids is 2. The molecule has 0 fully saturated rings. The third kappa shape index (κ3) is 8.36. The number of aryl methyl sites for hydroxylation is 1. The van der Waals surface area contributed by atoms with E-state index in [2.05, 4.69) is 10.6 Å². The third-order valence-electron chi connectivity index (χ3n) is 7.26. The van der Waals surface area contributed by atoms with Crippen LogP contribution in [-0.4, -0.2) is 57.5 Å². The molecule has 2 aliphatic heterocycles. The van der Waals surface area contributed by atoms with Crippen LogP contribution < -0.4 is 30.3 Å². The van der Waals surface area contributed by atoms with Crippen molar-refractivity contribution in [1.82, 2.24) is 16.1 Å². The van der Waals surface area contributed by atoms with E-state index in [0.29, 0.717) is 26.0 Å². The Labute approximate surface area is 225 Å². The summed E-state index contributed by atoms with van der Waals surface area (Å²) in [7, 11) is 4.90. The largest absolute Gasteiger partial charge is 0.497 e. The number of fused-ring (bicyclic) bond motifs is 12. The summed E-state index contributed by atoms with van der Waals surface area (Å²) in [5.41, 5.74) is 3.92. The molecule has 0 saturated heterocycles. The number of hydroxylamine groups is 1. The Kier molecular flexibility index (Phi) is 11.7. The Morgan fingerprint density at radius 1 is 1.08 bits per heavy atom. The van der Waals surface area contributed by atoms with E-state index in [1.165, 1.54) is 0 Å². The minimum atomic E-state index is -0.462. The number of nitrogens with one attached hydrogen (secondary N) is 3. The zero-order valence-corrected chi connectivity index (χ0v) is 22.6. The number of amides is 2. The van der Waals surface area contributed by atoms with Gasteiger partial charge in [-0.3, -0.25) is 14.8 Å². The summed E-state index contributed by atoms with van der Waals surface area (Å²) in [6.45, 7) is 1.01. The van der Waals surface area contributed by atoms with Crippen molar-refractivity contribution in [3.8, 4) is 17.2 Å². The van der Waals surface area contributed by atoms with E-state index >= 15 is 0 Å². The van der Waals surface area contributed by atoms with Crippen LogP contribution in [0.25, 0.3) is 0 Å². The fourth-order valence-electron chi connectivity index (χ4n) is 5.08. The van der Waals surface area contributed by atoms with Gasteiger partial charge in [-0.05, 0) is 98.9 Å². The summed E-state index contributed by atoms with van der Waals surface area (Å²) in [6, 6.07) is 13.1. The van der Waals surface area contributed by atoms with E-state index in [1.807, 2.05) is 47.9 Å². The van der Waals surface area contributed by atoms with Gasteiger partial charge in [0.2, 0.25) is 11.8 Å². The van der Waals surface area contributed by atoms with E-state index in [9.17, 15) is 14.8 Å². The molecule has 2 aliphatic rings. The van der Waals surface area contributed by atoms with Gasteiger partial charge in [0.15, 0.2) is 0 Å². The maximum atomic E-state index is 12.8. The summed E-state index contributed by atoms with van der Waals surface area (Å²) >= 11 is 0. The zero-order chi connectivity index (χ0) is 27.3. The molecule has 0 radical (unpaired) electrons. The zero-order valence-electron chi connectivity index (χ0n) is 22.6. The predicted molar refractivity (Wildman–Crippen MR) is 145 cm³/mol. The fraction of sp³-hybridized carbons (Fsp3) is 0.517. The van der Waals surface area contributed by atoms with Crippen LogP contribution in [0, 0.1) is 11.8 Å². The molecule has 208 valence electrons. The molecule has 2 heterocycles. The molecule has 0 spiro atoms. The minimum absolute atomic E-state index is 0.0984. The summed E-state index contributed by atoms with van der Waals surface area (Å²) in [4.78, 5) is 25.5. The number of hydrogen-bond acceptors (Lipinski definition) is 7. The fourth-order valence-corrected chi connectivity index (χ4v) is 5.08. The molecule has 2 bridgehead atoms. The molecule has 4 N–H and O–H groups in total. The van der Waals surface area contributed by atoms with Gasteiger partial charge in [0.05, 0.1) is 26.9 Å². The highest BCUT2D eigenvalue weighted by atomic mass is 16.5. The van der Waals surface area contributed by atoms with Crippen LogP contribution >= 0.6 is 0 Å². The molecule has 4 rings (SSSR count). The first-order valence-electron chi connectivity index (χ1n) is 13.3. The molecule has 2 amide bonds. The second kappa shape index (κ2) is 15.2. The highest BCUT2D eigenvalue weighted by Crippen LogP contribution is 2.29. The minimum Gasteiger partial charge on any atom is -0.497 e. The number of rotatable bonds is 8. The molecule has 0 saturated carbocycles. The average molecular weight is 528 g/mol. The Balaban J connectivity index is 1.80. The van der Waals surface area contributed by atoms with E-state index in [-0.39, 0.29) is 11.8 Å². The van der Waals surface area contributed by atoms with Gasteiger partial charge in [-0.25, -0.2) is 5.48 Å². The monoisotopic (exact) mass is 527 g/mol. The van der Waals surface area contributed by atoms with Crippen molar-refractivity contribution in [3.05, 3.63) is 53.6 Å². The van der Waals surface area contributed by atoms with Gasteiger partial charge in [0, 0.05) is 13.0 Å². The first-order chi connectivity index (χ1) is 18.5.